The van der Waals surface area contributed by atoms with E-state index >= 15 is 0 Å². The molecule has 0 aliphatic heterocycles. The van der Waals surface area contributed by atoms with Crippen molar-refractivity contribution in [2.75, 3.05) is 5.32 Å². The third-order valence-corrected chi connectivity index (χ3v) is 3.15. The largest absolute Gasteiger partial charge is 0.380 e. The predicted octanol–water partition coefficient (Wildman–Crippen LogP) is 3.51. The minimum absolute atomic E-state index is 0.484. The number of benzene rings is 1. The van der Waals surface area contributed by atoms with Crippen molar-refractivity contribution in [3.05, 3.63) is 51.7 Å². The number of anilines is 1. The molecule has 1 aromatic carbocycles. The van der Waals surface area contributed by atoms with E-state index in [4.69, 9.17) is 5.26 Å². The molecular formula is C12H8F2N2S. The highest BCUT2D eigenvalue weighted by atomic mass is 32.1. The molecule has 2 rings (SSSR count). The Kier molecular flexibility index (Phi) is 3.35. The van der Waals surface area contributed by atoms with Crippen LogP contribution in [0.3, 0.4) is 0 Å². The van der Waals surface area contributed by atoms with Gasteiger partial charge < -0.3 is 5.32 Å². The molecule has 0 saturated heterocycles. The number of hydrogen-bond donors (Lipinski definition) is 1. The maximum Gasteiger partial charge on any atom is 0.160 e. The van der Waals surface area contributed by atoms with Gasteiger partial charge in [-0.15, -0.1) is 11.3 Å². The van der Waals surface area contributed by atoms with Crippen LogP contribution >= 0.6 is 11.3 Å². The molecule has 0 unspecified atom stereocenters. The molecule has 0 amide bonds. The van der Waals surface area contributed by atoms with E-state index in [0.29, 0.717) is 17.1 Å². The predicted molar refractivity (Wildman–Crippen MR) is 62.7 cm³/mol. The summed E-state index contributed by atoms with van der Waals surface area (Å²) in [7, 11) is 0. The Morgan fingerprint density at radius 1 is 1.18 bits per heavy atom. The first-order valence-electron chi connectivity index (χ1n) is 4.87. The van der Waals surface area contributed by atoms with Gasteiger partial charge in [0.05, 0.1) is 0 Å². The molecule has 17 heavy (non-hydrogen) atoms. The molecule has 0 bridgehead atoms. The number of nitrogens with zero attached hydrogens (tertiary/aromatic N) is 1. The fourth-order valence-corrected chi connectivity index (χ4v) is 2.07. The molecule has 0 saturated carbocycles. The molecule has 0 aliphatic rings. The summed E-state index contributed by atoms with van der Waals surface area (Å²) in [6, 6.07) is 9.25. The number of halogens is 2. The lowest BCUT2D eigenvalue weighted by atomic mass is 10.3. The highest BCUT2D eigenvalue weighted by Gasteiger charge is 2.03. The lowest BCUT2D eigenvalue weighted by molar-refractivity contribution is 0.509. The van der Waals surface area contributed by atoms with Crippen molar-refractivity contribution in [1.29, 1.82) is 5.26 Å². The van der Waals surface area contributed by atoms with E-state index in [1.165, 1.54) is 17.4 Å². The Morgan fingerprint density at radius 3 is 2.65 bits per heavy atom. The fraction of sp³-hybridized carbons (Fsp3) is 0.0833. The van der Waals surface area contributed by atoms with Gasteiger partial charge in [0, 0.05) is 23.2 Å². The standard InChI is InChI=1S/C12H8F2N2S/c13-11-4-1-8(5-12(11)14)16-7-10-3-2-9(6-15)17-10/h1-5,16H,7H2. The van der Waals surface area contributed by atoms with Crippen molar-refractivity contribution in [2.24, 2.45) is 0 Å². The third-order valence-electron chi connectivity index (χ3n) is 2.16. The first-order valence-corrected chi connectivity index (χ1v) is 5.68. The van der Waals surface area contributed by atoms with E-state index in [-0.39, 0.29) is 0 Å². The number of hydrogen-bond acceptors (Lipinski definition) is 3. The molecule has 86 valence electrons. The van der Waals surface area contributed by atoms with Gasteiger partial charge >= 0.3 is 0 Å². The van der Waals surface area contributed by atoms with Crippen molar-refractivity contribution < 1.29 is 8.78 Å². The Bertz CT molecular complexity index is 572. The van der Waals surface area contributed by atoms with Crippen LogP contribution in [-0.4, -0.2) is 0 Å². The van der Waals surface area contributed by atoms with E-state index in [9.17, 15) is 8.78 Å². The highest BCUT2D eigenvalue weighted by molar-refractivity contribution is 7.12. The Balaban J connectivity index is 2.02. The number of nitriles is 1. The maximum atomic E-state index is 12.9. The minimum Gasteiger partial charge on any atom is -0.380 e. The maximum absolute atomic E-state index is 12.9. The van der Waals surface area contributed by atoms with Gasteiger partial charge in [-0.3, -0.25) is 0 Å². The van der Waals surface area contributed by atoms with Gasteiger partial charge in [0.1, 0.15) is 10.9 Å². The molecule has 0 radical (unpaired) electrons. The molecular weight excluding hydrogens is 242 g/mol. The Hall–Kier alpha value is -1.93. The van der Waals surface area contributed by atoms with E-state index in [0.717, 1.165) is 17.0 Å². The summed E-state index contributed by atoms with van der Waals surface area (Å²) < 4.78 is 25.6. The summed E-state index contributed by atoms with van der Waals surface area (Å²) in [6.45, 7) is 0.484. The smallest absolute Gasteiger partial charge is 0.160 e. The van der Waals surface area contributed by atoms with E-state index in [1.807, 2.05) is 12.1 Å². The van der Waals surface area contributed by atoms with Crippen molar-refractivity contribution in [1.82, 2.24) is 0 Å². The number of thiophene rings is 1. The number of rotatable bonds is 3. The van der Waals surface area contributed by atoms with E-state index in [2.05, 4.69) is 5.32 Å². The lowest BCUT2D eigenvalue weighted by Gasteiger charge is -2.04. The SMILES string of the molecule is N#Cc1ccc(CNc2ccc(F)c(F)c2)s1. The van der Waals surface area contributed by atoms with Crippen molar-refractivity contribution in [3.8, 4) is 6.07 Å². The summed E-state index contributed by atoms with van der Waals surface area (Å²) in [5.74, 6) is -1.74. The van der Waals surface area contributed by atoms with Gasteiger partial charge in [-0.05, 0) is 24.3 Å². The monoisotopic (exact) mass is 250 g/mol. The normalized spacial score (nSPS) is 9.94. The van der Waals surface area contributed by atoms with Gasteiger partial charge in [0.15, 0.2) is 11.6 Å². The van der Waals surface area contributed by atoms with Crippen LogP contribution in [0.2, 0.25) is 0 Å². The van der Waals surface area contributed by atoms with Crippen LogP contribution in [0.4, 0.5) is 14.5 Å². The third kappa shape index (κ3) is 2.80. The summed E-state index contributed by atoms with van der Waals surface area (Å²) in [6.07, 6.45) is 0. The number of nitrogens with one attached hydrogen (secondary N) is 1. The van der Waals surface area contributed by atoms with E-state index < -0.39 is 11.6 Å². The van der Waals surface area contributed by atoms with Crippen LogP contribution in [-0.2, 0) is 6.54 Å². The van der Waals surface area contributed by atoms with Crippen LogP contribution in [0, 0.1) is 23.0 Å². The molecule has 2 aromatic rings. The second-order valence-corrected chi connectivity index (χ2v) is 4.53. The molecule has 2 nitrogen and oxygen atoms in total. The summed E-state index contributed by atoms with van der Waals surface area (Å²) in [4.78, 5) is 1.60. The van der Waals surface area contributed by atoms with Crippen LogP contribution in [0.5, 0.6) is 0 Å². The average molecular weight is 250 g/mol. The highest BCUT2D eigenvalue weighted by Crippen LogP contribution is 2.18. The molecule has 5 heteroatoms. The summed E-state index contributed by atoms with van der Waals surface area (Å²) in [5, 5.41) is 11.6. The average Bonchev–Trinajstić information content (AvgIpc) is 2.79. The van der Waals surface area contributed by atoms with Gasteiger partial charge in [-0.2, -0.15) is 5.26 Å². The molecule has 0 aliphatic carbocycles. The lowest BCUT2D eigenvalue weighted by Crippen LogP contribution is -1.98. The Labute approximate surface area is 101 Å². The molecule has 0 atom stereocenters. The summed E-state index contributed by atoms with van der Waals surface area (Å²) >= 11 is 1.37. The molecule has 1 N–H and O–H groups in total. The van der Waals surface area contributed by atoms with E-state index in [1.54, 1.807) is 6.07 Å². The minimum atomic E-state index is -0.876. The van der Waals surface area contributed by atoms with Crippen molar-refractivity contribution >= 4 is 17.0 Å². The van der Waals surface area contributed by atoms with Gasteiger partial charge in [-0.1, -0.05) is 0 Å². The zero-order valence-electron chi connectivity index (χ0n) is 8.71. The topological polar surface area (TPSA) is 35.8 Å². The van der Waals surface area contributed by atoms with Crippen molar-refractivity contribution in [2.45, 2.75) is 6.54 Å². The fourth-order valence-electron chi connectivity index (χ4n) is 1.33. The van der Waals surface area contributed by atoms with Gasteiger partial charge in [0.2, 0.25) is 0 Å². The van der Waals surface area contributed by atoms with Crippen LogP contribution in [0.15, 0.2) is 30.3 Å². The van der Waals surface area contributed by atoms with Crippen LogP contribution < -0.4 is 5.32 Å². The first kappa shape index (κ1) is 11.6. The quantitative estimate of drug-likeness (QED) is 0.904. The Morgan fingerprint density at radius 2 is 2.00 bits per heavy atom. The van der Waals surface area contributed by atoms with Gasteiger partial charge in [0.25, 0.3) is 0 Å². The molecule has 0 fully saturated rings. The molecule has 1 heterocycles. The summed E-state index contributed by atoms with van der Waals surface area (Å²) in [5.41, 5.74) is 0.510. The second-order valence-electron chi connectivity index (χ2n) is 3.36. The van der Waals surface area contributed by atoms with Crippen molar-refractivity contribution in [3.63, 3.8) is 0 Å². The van der Waals surface area contributed by atoms with Gasteiger partial charge in [-0.25, -0.2) is 8.78 Å². The zero-order chi connectivity index (χ0) is 12.3. The zero-order valence-corrected chi connectivity index (χ0v) is 9.52. The first-order chi connectivity index (χ1) is 8.19. The van der Waals surface area contributed by atoms with Crippen LogP contribution in [0.25, 0.3) is 0 Å². The van der Waals surface area contributed by atoms with Crippen LogP contribution in [0.1, 0.15) is 9.75 Å². The molecule has 1 aromatic heterocycles. The second kappa shape index (κ2) is 4.93. The molecule has 0 spiro atoms.